The van der Waals surface area contributed by atoms with Crippen LogP contribution in [0.2, 0.25) is 0 Å². The predicted molar refractivity (Wildman–Crippen MR) is 304 cm³/mol. The third kappa shape index (κ3) is 28.7. The molecule has 78 heavy (non-hydrogen) atoms. The summed E-state index contributed by atoms with van der Waals surface area (Å²) in [5.74, 6) is -6.01. The Morgan fingerprint density at radius 2 is 1.15 bits per heavy atom. The summed E-state index contributed by atoms with van der Waals surface area (Å²) in [5.41, 5.74) is 28.8. The number of nitrogens with one attached hydrogen (secondary N) is 7. The molecule has 1 fully saturated rings. The first-order valence-electron chi connectivity index (χ1n) is 28.5. The van der Waals surface area contributed by atoms with Gasteiger partial charge in [0.15, 0.2) is 0 Å². The van der Waals surface area contributed by atoms with E-state index < -0.39 is 96.1 Å². The number of hydrogen-bond donors (Lipinski definition) is 13. The average molecular weight is 1130 g/mol. The van der Waals surface area contributed by atoms with E-state index >= 15 is 0 Å². The number of rotatable bonds is 28. The van der Waals surface area contributed by atoms with Gasteiger partial charge in [-0.25, -0.2) is 0 Å². The first kappa shape index (κ1) is 70.9. The standard InChI is InChI=1S/C53H100N14O10S/c1-35(2)32-42(50(74)64-41(34-78)47(58)71)66(5)52(76)39(22-12-16-28-56)61-45(70)33-67-31-19-7-6-18-30-59-51(75)46(36(3)4)65-44(69)25-9-8-24-43(68)60-37(20-10-14-26-54)48(72)62-38(21-11-15-27-55)49(73)63-40(53(67)77)23-13-17-29-57/h35-42,46,78H,6-34,54-57H2,1-5H3,(H2,58,71)(H,59,75)(H,60,68)(H,61,70)(H,62,72)(H,63,73)(H,64,74)(H,65,69)/t37-,38-,39-,40-,41-,42-,46-/m0/s1. The van der Waals surface area contributed by atoms with Crippen LogP contribution in [0.15, 0.2) is 0 Å². The predicted octanol–water partition coefficient (Wildman–Crippen LogP) is -0.565. The Balaban J connectivity index is 3.81. The summed E-state index contributed by atoms with van der Waals surface area (Å²) in [6.45, 7) is 8.54. The molecule has 0 aromatic heterocycles. The molecule has 1 rings (SSSR count). The molecule has 448 valence electrons. The minimum Gasteiger partial charge on any atom is -0.368 e. The number of nitrogens with two attached hydrogens (primary N) is 5. The summed E-state index contributed by atoms with van der Waals surface area (Å²) < 4.78 is 0. The van der Waals surface area contributed by atoms with Gasteiger partial charge in [0, 0.05) is 38.7 Å². The number of hydrogen-bond acceptors (Lipinski definition) is 15. The van der Waals surface area contributed by atoms with E-state index in [2.05, 4.69) is 49.8 Å². The number of unbranched alkanes of at least 4 members (excludes halogenated alkanes) is 4. The van der Waals surface area contributed by atoms with Gasteiger partial charge in [0.25, 0.3) is 0 Å². The number of thiol groups is 1. The Labute approximate surface area is 469 Å². The second-order valence-electron chi connectivity index (χ2n) is 21.2. The van der Waals surface area contributed by atoms with E-state index in [-0.39, 0.29) is 80.9 Å². The largest absolute Gasteiger partial charge is 0.368 e. The van der Waals surface area contributed by atoms with Gasteiger partial charge in [-0.15, -0.1) is 0 Å². The van der Waals surface area contributed by atoms with Crippen LogP contribution >= 0.6 is 12.6 Å². The first-order chi connectivity index (χ1) is 37.1. The number of carbonyl (C=O) groups is 10. The third-order valence-corrected chi connectivity index (χ3v) is 14.0. The zero-order chi connectivity index (χ0) is 58.6. The molecule has 0 aromatic rings. The van der Waals surface area contributed by atoms with Crippen LogP contribution in [0.1, 0.15) is 163 Å². The van der Waals surface area contributed by atoms with Crippen molar-refractivity contribution in [3.05, 3.63) is 0 Å². The Bertz CT molecular complexity index is 1870. The van der Waals surface area contributed by atoms with Gasteiger partial charge in [0.05, 0.1) is 6.54 Å². The molecule has 0 saturated carbocycles. The van der Waals surface area contributed by atoms with Crippen LogP contribution in [0, 0.1) is 11.8 Å². The molecule has 1 aliphatic heterocycles. The average Bonchev–Trinajstić information content (AvgIpc) is 3.39. The van der Waals surface area contributed by atoms with Gasteiger partial charge in [0.1, 0.15) is 42.3 Å². The van der Waals surface area contributed by atoms with Gasteiger partial charge in [-0.05, 0) is 147 Å². The van der Waals surface area contributed by atoms with Crippen molar-refractivity contribution >= 4 is 71.7 Å². The van der Waals surface area contributed by atoms with Crippen LogP contribution in [-0.4, -0.2) is 170 Å². The minimum absolute atomic E-state index is 0.0143. The summed E-state index contributed by atoms with van der Waals surface area (Å²) in [6, 6.07) is -7.46. The maximum atomic E-state index is 14.9. The summed E-state index contributed by atoms with van der Waals surface area (Å²) in [7, 11) is 1.44. The molecule has 1 aliphatic rings. The highest BCUT2D eigenvalue weighted by Crippen LogP contribution is 2.17. The monoisotopic (exact) mass is 1120 g/mol. The Morgan fingerprint density at radius 1 is 0.641 bits per heavy atom. The molecule has 24 nitrogen and oxygen atoms in total. The maximum absolute atomic E-state index is 14.9. The highest BCUT2D eigenvalue weighted by atomic mass is 32.1. The van der Waals surface area contributed by atoms with E-state index in [0.717, 1.165) is 0 Å². The molecule has 1 saturated heterocycles. The highest BCUT2D eigenvalue weighted by molar-refractivity contribution is 7.80. The van der Waals surface area contributed by atoms with Crippen molar-refractivity contribution in [2.75, 3.05) is 58.6 Å². The molecular formula is C53H100N14O10S. The molecule has 0 radical (unpaired) electrons. The molecule has 10 amide bonds. The maximum Gasteiger partial charge on any atom is 0.245 e. The summed E-state index contributed by atoms with van der Waals surface area (Å²) in [5, 5.41) is 19.7. The first-order valence-corrected chi connectivity index (χ1v) is 29.1. The van der Waals surface area contributed by atoms with Gasteiger partial charge in [0.2, 0.25) is 59.1 Å². The fourth-order valence-electron chi connectivity index (χ4n) is 8.95. The number of likely N-dealkylation sites (N-methyl/N-ethyl adjacent to an activating group) is 1. The zero-order valence-corrected chi connectivity index (χ0v) is 48.4. The summed E-state index contributed by atoms with van der Waals surface area (Å²) in [6.07, 6.45) is 7.74. The van der Waals surface area contributed by atoms with Gasteiger partial charge < -0.3 is 75.7 Å². The van der Waals surface area contributed by atoms with Crippen molar-refractivity contribution in [2.24, 2.45) is 40.5 Å². The lowest BCUT2D eigenvalue weighted by Crippen LogP contribution is -2.59. The molecule has 1 heterocycles. The molecule has 0 unspecified atom stereocenters. The third-order valence-electron chi connectivity index (χ3n) is 13.6. The van der Waals surface area contributed by atoms with Crippen molar-refractivity contribution in [2.45, 2.75) is 205 Å². The van der Waals surface area contributed by atoms with Crippen LogP contribution in [-0.2, 0) is 47.9 Å². The van der Waals surface area contributed by atoms with E-state index in [1.807, 2.05) is 27.7 Å². The number of nitrogens with zero attached hydrogens (tertiary/aromatic N) is 2. The van der Waals surface area contributed by atoms with Crippen molar-refractivity contribution in [3.63, 3.8) is 0 Å². The van der Waals surface area contributed by atoms with E-state index in [0.29, 0.717) is 123 Å². The van der Waals surface area contributed by atoms with Crippen LogP contribution in [0.5, 0.6) is 0 Å². The number of carbonyl (C=O) groups excluding carboxylic acids is 10. The summed E-state index contributed by atoms with van der Waals surface area (Å²) in [4.78, 5) is 140. The smallest absolute Gasteiger partial charge is 0.245 e. The summed E-state index contributed by atoms with van der Waals surface area (Å²) >= 11 is 4.14. The van der Waals surface area contributed by atoms with Crippen LogP contribution in [0.25, 0.3) is 0 Å². The second kappa shape index (κ2) is 41.0. The SMILES string of the molecule is CC(C)C[C@@H](C(=O)N[C@@H](CS)C(N)=O)N(C)C(=O)[C@H](CCCCN)NC(=O)CN1CCCCCCNC(=O)[C@H](C(C)C)NC(=O)CCCCC(=O)N[C@@H](CCCCN)C(=O)N[C@@H](CCCCN)C(=O)N[C@@H](CCCCN)C1=O. The van der Waals surface area contributed by atoms with Crippen molar-refractivity contribution in [3.8, 4) is 0 Å². The highest BCUT2D eigenvalue weighted by Gasteiger charge is 2.36. The van der Waals surface area contributed by atoms with Crippen molar-refractivity contribution < 1.29 is 47.9 Å². The molecule has 17 N–H and O–H groups in total. The van der Waals surface area contributed by atoms with Crippen molar-refractivity contribution in [1.82, 2.24) is 47.0 Å². The lowest BCUT2D eigenvalue weighted by molar-refractivity contribution is -0.144. The molecular weight excluding hydrogens is 1020 g/mol. The second-order valence-corrected chi connectivity index (χ2v) is 21.6. The molecule has 0 aromatic carbocycles. The molecule has 7 atom stereocenters. The van der Waals surface area contributed by atoms with Gasteiger partial charge in [-0.3, -0.25) is 47.9 Å². The van der Waals surface area contributed by atoms with Gasteiger partial charge in [-0.1, -0.05) is 40.5 Å². The lowest BCUT2D eigenvalue weighted by atomic mass is 10.00. The van der Waals surface area contributed by atoms with Gasteiger partial charge >= 0.3 is 0 Å². The fraction of sp³-hybridized carbons (Fsp3) is 0.811. The molecule has 25 heteroatoms. The zero-order valence-electron chi connectivity index (χ0n) is 47.5. The topological polar surface area (TPSA) is 391 Å². The lowest BCUT2D eigenvalue weighted by Gasteiger charge is -2.33. The van der Waals surface area contributed by atoms with E-state index in [9.17, 15) is 47.9 Å². The number of amides is 10. The quantitative estimate of drug-likeness (QED) is 0.0345. The van der Waals surface area contributed by atoms with E-state index in [4.69, 9.17) is 28.7 Å². The Hall–Kier alpha value is -5.11. The van der Waals surface area contributed by atoms with Crippen molar-refractivity contribution in [1.29, 1.82) is 0 Å². The Morgan fingerprint density at radius 3 is 1.68 bits per heavy atom. The number of primary amides is 1. The molecule has 0 bridgehead atoms. The van der Waals surface area contributed by atoms with Crippen LogP contribution < -0.4 is 65.9 Å². The molecule has 0 spiro atoms. The fourth-order valence-corrected chi connectivity index (χ4v) is 9.22. The van der Waals surface area contributed by atoms with E-state index in [1.165, 1.54) is 16.8 Å². The van der Waals surface area contributed by atoms with Crippen LogP contribution in [0.3, 0.4) is 0 Å². The minimum atomic E-state index is -1.18. The van der Waals surface area contributed by atoms with Crippen LogP contribution in [0.4, 0.5) is 0 Å². The Kier molecular flexibility index (Phi) is 37.3. The normalized spacial score (nSPS) is 20.6. The van der Waals surface area contributed by atoms with Gasteiger partial charge in [-0.2, -0.15) is 12.6 Å². The molecule has 0 aliphatic carbocycles. The van der Waals surface area contributed by atoms with E-state index in [1.54, 1.807) is 0 Å².